The van der Waals surface area contributed by atoms with Gasteiger partial charge in [-0.2, -0.15) is 0 Å². The average Bonchev–Trinajstić information content (AvgIpc) is 2.65. The number of likely N-dealkylation sites (tertiary alicyclic amines) is 1. The molecule has 1 saturated heterocycles. The lowest BCUT2D eigenvalue weighted by atomic mass is 9.97. The molecule has 0 amide bonds. The summed E-state index contributed by atoms with van der Waals surface area (Å²) in [5.41, 5.74) is 1.05. The predicted octanol–water partition coefficient (Wildman–Crippen LogP) is 2.51. The summed E-state index contributed by atoms with van der Waals surface area (Å²) in [5.74, 6) is 0.436. The van der Waals surface area contributed by atoms with E-state index >= 15 is 0 Å². The maximum atomic E-state index is 13.2. The number of halogens is 2. The van der Waals surface area contributed by atoms with E-state index in [0.717, 1.165) is 37.5 Å². The molecule has 27 heavy (non-hydrogen) atoms. The molecule has 152 valence electrons. The molecule has 1 aromatic rings. The van der Waals surface area contributed by atoms with Crippen molar-refractivity contribution < 1.29 is 13.9 Å². The lowest BCUT2D eigenvalue weighted by molar-refractivity contribution is -0.146. The minimum absolute atomic E-state index is 0. The van der Waals surface area contributed by atoms with E-state index in [-0.39, 0.29) is 47.7 Å². The highest BCUT2D eigenvalue weighted by Crippen LogP contribution is 2.20. The highest BCUT2D eigenvalue weighted by Gasteiger charge is 2.27. The first kappa shape index (κ1) is 23.6. The van der Waals surface area contributed by atoms with Crippen molar-refractivity contribution in [2.24, 2.45) is 10.9 Å². The van der Waals surface area contributed by atoms with E-state index in [0.29, 0.717) is 6.54 Å². The highest BCUT2D eigenvalue weighted by molar-refractivity contribution is 14.0. The minimum Gasteiger partial charge on any atom is -0.469 e. The van der Waals surface area contributed by atoms with Gasteiger partial charge in [0.2, 0.25) is 0 Å². The molecule has 0 bridgehead atoms. The van der Waals surface area contributed by atoms with Gasteiger partial charge in [-0.3, -0.25) is 9.79 Å². The first-order chi connectivity index (χ1) is 12.5. The van der Waals surface area contributed by atoms with Gasteiger partial charge >= 0.3 is 5.97 Å². The van der Waals surface area contributed by atoms with Crippen LogP contribution in [0.15, 0.2) is 29.3 Å². The molecular formula is C19H30FIN4O2. The van der Waals surface area contributed by atoms with Gasteiger partial charge in [0, 0.05) is 26.7 Å². The summed E-state index contributed by atoms with van der Waals surface area (Å²) in [4.78, 5) is 20.3. The minimum atomic E-state index is -0.233. The predicted molar refractivity (Wildman–Crippen MR) is 116 cm³/mol. The molecule has 1 heterocycles. The molecule has 1 atom stereocenters. The molecule has 1 aliphatic rings. The van der Waals surface area contributed by atoms with Crippen LogP contribution in [0.2, 0.25) is 0 Å². The maximum Gasteiger partial charge on any atom is 0.308 e. The third kappa shape index (κ3) is 6.60. The van der Waals surface area contributed by atoms with Crippen LogP contribution in [0, 0.1) is 11.7 Å². The molecule has 0 spiro atoms. The number of benzene rings is 1. The van der Waals surface area contributed by atoms with Crippen LogP contribution in [0.5, 0.6) is 0 Å². The molecule has 1 aliphatic heterocycles. The fourth-order valence-corrected chi connectivity index (χ4v) is 3.30. The normalized spacial score (nSPS) is 16.7. The Morgan fingerprint density at radius 1 is 1.33 bits per heavy atom. The summed E-state index contributed by atoms with van der Waals surface area (Å²) in [6, 6.07) is 6.69. The number of carbonyl (C=O) groups excluding carboxylic acids is 1. The van der Waals surface area contributed by atoms with Crippen LogP contribution in [-0.2, 0) is 9.53 Å². The fraction of sp³-hybridized carbons (Fsp3) is 0.579. The molecule has 1 aromatic carbocycles. The molecule has 0 radical (unpaired) electrons. The first-order valence-electron chi connectivity index (χ1n) is 8.91. The zero-order chi connectivity index (χ0) is 19.1. The van der Waals surface area contributed by atoms with Gasteiger partial charge < -0.3 is 19.9 Å². The molecule has 1 unspecified atom stereocenters. The number of methoxy groups -OCH3 is 1. The van der Waals surface area contributed by atoms with E-state index in [2.05, 4.69) is 20.1 Å². The molecule has 6 nitrogen and oxygen atoms in total. The molecule has 1 N–H and O–H groups in total. The Balaban J connectivity index is 0.00000364. The smallest absolute Gasteiger partial charge is 0.308 e. The van der Waals surface area contributed by atoms with Crippen LogP contribution in [-0.4, -0.2) is 69.6 Å². The number of likely N-dealkylation sites (N-methyl/N-ethyl adjacent to an activating group) is 1. The summed E-state index contributed by atoms with van der Waals surface area (Å²) >= 11 is 0. The number of piperidine rings is 1. The van der Waals surface area contributed by atoms with E-state index in [9.17, 15) is 9.18 Å². The van der Waals surface area contributed by atoms with Gasteiger partial charge in [-0.05, 0) is 44.6 Å². The summed E-state index contributed by atoms with van der Waals surface area (Å²) < 4.78 is 18.0. The largest absolute Gasteiger partial charge is 0.469 e. The number of esters is 1. The van der Waals surface area contributed by atoms with Crippen LogP contribution in [0.1, 0.15) is 24.4 Å². The van der Waals surface area contributed by atoms with E-state index in [4.69, 9.17) is 4.74 Å². The standard InChI is InChI=1S/C19H29FN4O2.HI/c1-21-19(24-11-9-15(10-12-24)18(25)26-4)22-13-17(23(2)3)14-5-7-16(20)8-6-14;/h5-8,15,17H,9-13H2,1-4H3,(H,21,22);1H. The van der Waals surface area contributed by atoms with E-state index in [1.807, 2.05) is 26.2 Å². The first-order valence-corrected chi connectivity index (χ1v) is 8.91. The number of nitrogens with one attached hydrogen (secondary N) is 1. The molecule has 0 aromatic heterocycles. The number of guanidine groups is 1. The number of rotatable bonds is 5. The Labute approximate surface area is 178 Å². The Hall–Kier alpha value is -1.42. The summed E-state index contributed by atoms with van der Waals surface area (Å²) in [5, 5.41) is 3.42. The summed E-state index contributed by atoms with van der Waals surface area (Å²) in [6.45, 7) is 2.19. The van der Waals surface area contributed by atoms with Crippen molar-refractivity contribution in [1.82, 2.24) is 15.1 Å². The van der Waals surface area contributed by atoms with Crippen molar-refractivity contribution in [1.29, 1.82) is 0 Å². The number of carbonyl (C=O) groups is 1. The Morgan fingerprint density at radius 3 is 2.41 bits per heavy atom. The zero-order valence-corrected chi connectivity index (χ0v) is 18.8. The van der Waals surface area contributed by atoms with Gasteiger partial charge in [-0.25, -0.2) is 4.39 Å². The molecule has 8 heteroatoms. The molecule has 0 saturated carbocycles. The third-order valence-electron chi connectivity index (χ3n) is 4.87. The Morgan fingerprint density at radius 2 is 1.93 bits per heavy atom. The lowest BCUT2D eigenvalue weighted by Gasteiger charge is -2.34. The van der Waals surface area contributed by atoms with Crippen LogP contribution in [0.3, 0.4) is 0 Å². The Bertz CT molecular complexity index is 617. The molecular weight excluding hydrogens is 462 g/mol. The van der Waals surface area contributed by atoms with E-state index in [1.165, 1.54) is 19.2 Å². The average molecular weight is 492 g/mol. The zero-order valence-electron chi connectivity index (χ0n) is 16.4. The van der Waals surface area contributed by atoms with Crippen molar-refractivity contribution in [3.8, 4) is 0 Å². The van der Waals surface area contributed by atoms with Crippen LogP contribution in [0.25, 0.3) is 0 Å². The van der Waals surface area contributed by atoms with Gasteiger partial charge in [0.15, 0.2) is 5.96 Å². The van der Waals surface area contributed by atoms with Crippen LogP contribution < -0.4 is 5.32 Å². The van der Waals surface area contributed by atoms with Crippen molar-refractivity contribution in [2.75, 3.05) is 47.9 Å². The topological polar surface area (TPSA) is 57.2 Å². The van der Waals surface area contributed by atoms with Crippen molar-refractivity contribution >= 4 is 35.9 Å². The maximum absolute atomic E-state index is 13.2. The van der Waals surface area contributed by atoms with Gasteiger partial charge in [0.25, 0.3) is 0 Å². The van der Waals surface area contributed by atoms with Crippen molar-refractivity contribution in [3.63, 3.8) is 0 Å². The molecule has 1 fully saturated rings. The molecule has 2 rings (SSSR count). The SMILES string of the molecule is CN=C(NCC(c1ccc(F)cc1)N(C)C)N1CCC(C(=O)OC)CC1.I. The second kappa shape index (κ2) is 11.4. The van der Waals surface area contributed by atoms with E-state index in [1.54, 1.807) is 7.05 Å². The number of hydrogen-bond donors (Lipinski definition) is 1. The number of ether oxygens (including phenoxy) is 1. The summed E-state index contributed by atoms with van der Waals surface area (Å²) in [7, 11) is 7.20. The van der Waals surface area contributed by atoms with Gasteiger partial charge in [0.1, 0.15) is 5.82 Å². The van der Waals surface area contributed by atoms with Gasteiger partial charge in [0.05, 0.1) is 19.1 Å². The highest BCUT2D eigenvalue weighted by atomic mass is 127. The lowest BCUT2D eigenvalue weighted by Crippen LogP contribution is -2.48. The van der Waals surface area contributed by atoms with Crippen LogP contribution >= 0.6 is 24.0 Å². The van der Waals surface area contributed by atoms with Crippen molar-refractivity contribution in [2.45, 2.75) is 18.9 Å². The fourth-order valence-electron chi connectivity index (χ4n) is 3.30. The number of aliphatic imine (C=N–C) groups is 1. The van der Waals surface area contributed by atoms with Crippen molar-refractivity contribution in [3.05, 3.63) is 35.6 Å². The molecule has 0 aliphatic carbocycles. The quantitative estimate of drug-likeness (QED) is 0.297. The van der Waals surface area contributed by atoms with E-state index < -0.39 is 0 Å². The van der Waals surface area contributed by atoms with Gasteiger partial charge in [-0.1, -0.05) is 12.1 Å². The third-order valence-corrected chi connectivity index (χ3v) is 4.87. The van der Waals surface area contributed by atoms with Crippen LogP contribution in [0.4, 0.5) is 4.39 Å². The van der Waals surface area contributed by atoms with Gasteiger partial charge in [-0.15, -0.1) is 24.0 Å². The monoisotopic (exact) mass is 492 g/mol. The second-order valence-electron chi connectivity index (χ2n) is 6.74. The Kier molecular flexibility index (Phi) is 10.00. The number of nitrogens with zero attached hydrogens (tertiary/aromatic N) is 3. The number of hydrogen-bond acceptors (Lipinski definition) is 4. The summed E-state index contributed by atoms with van der Waals surface area (Å²) in [6.07, 6.45) is 1.53. The second-order valence-corrected chi connectivity index (χ2v) is 6.74.